The maximum atomic E-state index is 12.1. The van der Waals surface area contributed by atoms with E-state index in [0.29, 0.717) is 39.4 Å². The van der Waals surface area contributed by atoms with E-state index in [2.05, 4.69) is 11.9 Å². The van der Waals surface area contributed by atoms with Crippen molar-refractivity contribution in [3.63, 3.8) is 0 Å². The van der Waals surface area contributed by atoms with Gasteiger partial charge in [0.15, 0.2) is 0 Å². The number of rotatable bonds is 13. The first kappa shape index (κ1) is 23.1. The third kappa shape index (κ3) is 8.09. The van der Waals surface area contributed by atoms with Gasteiger partial charge in [-0.2, -0.15) is 0 Å². The molecule has 8 heteroatoms. The van der Waals surface area contributed by atoms with Gasteiger partial charge in [-0.05, 0) is 26.2 Å². The number of aromatic nitrogens is 2. The average Bonchev–Trinajstić information content (AvgIpc) is 2.63. The molecule has 1 aromatic rings. The lowest BCUT2D eigenvalue weighted by Gasteiger charge is -2.28. The van der Waals surface area contributed by atoms with E-state index < -0.39 is 16.7 Å². The Kier molecular flexibility index (Phi) is 10.0. The van der Waals surface area contributed by atoms with E-state index in [4.69, 9.17) is 14.2 Å². The van der Waals surface area contributed by atoms with Gasteiger partial charge >= 0.3 is 11.7 Å². The number of nitrogens with one attached hydrogen (secondary N) is 1. The molecule has 154 valence electrons. The van der Waals surface area contributed by atoms with Gasteiger partial charge in [-0.15, -0.1) is 0 Å². The van der Waals surface area contributed by atoms with Crippen LogP contribution in [0.4, 0.5) is 0 Å². The third-order valence-electron chi connectivity index (χ3n) is 4.79. The number of aromatic amines is 1. The van der Waals surface area contributed by atoms with Gasteiger partial charge in [0.05, 0.1) is 25.2 Å². The van der Waals surface area contributed by atoms with Crippen LogP contribution < -0.4 is 11.2 Å². The number of aryl methyl sites for hydroxylation is 1. The molecule has 8 nitrogen and oxygen atoms in total. The Morgan fingerprint density at radius 3 is 2.41 bits per heavy atom. The van der Waals surface area contributed by atoms with Crippen LogP contribution in [0.1, 0.15) is 40.5 Å². The predicted molar refractivity (Wildman–Crippen MR) is 102 cm³/mol. The van der Waals surface area contributed by atoms with E-state index >= 15 is 0 Å². The van der Waals surface area contributed by atoms with Gasteiger partial charge in [-0.3, -0.25) is 14.6 Å². The van der Waals surface area contributed by atoms with Crippen molar-refractivity contribution in [2.45, 2.75) is 47.1 Å². The molecule has 0 aliphatic rings. The second-order valence-corrected chi connectivity index (χ2v) is 7.05. The third-order valence-corrected chi connectivity index (χ3v) is 4.79. The highest BCUT2D eigenvalue weighted by Gasteiger charge is 2.34. The highest BCUT2D eigenvalue weighted by Crippen LogP contribution is 2.30. The minimum absolute atomic E-state index is 0.200. The molecule has 0 saturated heterocycles. The number of hydrogen-bond donors (Lipinski definition) is 1. The van der Waals surface area contributed by atoms with Crippen LogP contribution in [0.3, 0.4) is 0 Å². The fraction of sp³-hybridized carbons (Fsp3) is 0.737. The second-order valence-electron chi connectivity index (χ2n) is 7.05. The number of carbonyl (C=O) groups is 1. The minimum Gasteiger partial charge on any atom is -0.463 e. The molecule has 27 heavy (non-hydrogen) atoms. The zero-order chi connectivity index (χ0) is 20.3. The van der Waals surface area contributed by atoms with Crippen LogP contribution in [-0.4, -0.2) is 48.6 Å². The van der Waals surface area contributed by atoms with Gasteiger partial charge in [0.2, 0.25) is 0 Å². The summed E-state index contributed by atoms with van der Waals surface area (Å²) in [5, 5.41) is 0. The fourth-order valence-electron chi connectivity index (χ4n) is 2.37. The maximum absolute atomic E-state index is 12.1. The molecule has 1 N–H and O–H groups in total. The van der Waals surface area contributed by atoms with Crippen molar-refractivity contribution in [3.8, 4) is 0 Å². The summed E-state index contributed by atoms with van der Waals surface area (Å²) in [6.45, 7) is 10.2. The molecule has 0 bridgehead atoms. The van der Waals surface area contributed by atoms with Gasteiger partial charge < -0.3 is 18.8 Å². The first-order valence-electron chi connectivity index (χ1n) is 9.41. The van der Waals surface area contributed by atoms with Crippen molar-refractivity contribution in [3.05, 3.63) is 33.1 Å². The molecule has 0 aliphatic heterocycles. The van der Waals surface area contributed by atoms with Crippen LogP contribution in [0, 0.1) is 11.3 Å². The van der Waals surface area contributed by atoms with E-state index in [0.717, 1.165) is 6.42 Å². The van der Waals surface area contributed by atoms with Crippen LogP contribution in [0.5, 0.6) is 0 Å². The molecule has 1 unspecified atom stereocenters. The van der Waals surface area contributed by atoms with Gasteiger partial charge in [0.25, 0.3) is 5.56 Å². The molecular weight excluding hydrogens is 352 g/mol. The molecular formula is C19H32N2O6. The van der Waals surface area contributed by atoms with Crippen molar-refractivity contribution >= 4 is 5.97 Å². The maximum Gasteiger partial charge on any atom is 0.328 e. The standard InChI is InChI=1S/C19H32N2O6/c1-5-15(2)19(3,4)17(23)27-14-13-26-12-11-25-10-6-8-21-9-7-16(22)20-18(21)24/h7,9,15H,5-6,8,10-14H2,1-4H3,(H,20,22,24). The Hall–Kier alpha value is -1.93. The van der Waals surface area contributed by atoms with Crippen molar-refractivity contribution < 1.29 is 19.0 Å². The topological polar surface area (TPSA) is 99.6 Å². The zero-order valence-electron chi connectivity index (χ0n) is 16.8. The smallest absolute Gasteiger partial charge is 0.328 e. The van der Waals surface area contributed by atoms with E-state index in [1.165, 1.54) is 16.8 Å². The molecule has 0 amide bonds. The van der Waals surface area contributed by atoms with Crippen molar-refractivity contribution in [2.75, 3.05) is 33.0 Å². The zero-order valence-corrected chi connectivity index (χ0v) is 16.8. The highest BCUT2D eigenvalue weighted by molar-refractivity contribution is 5.76. The molecule has 0 fully saturated rings. The van der Waals surface area contributed by atoms with Gasteiger partial charge in [-0.1, -0.05) is 20.3 Å². The Balaban J connectivity index is 2.04. The van der Waals surface area contributed by atoms with E-state index in [1.807, 2.05) is 20.8 Å². The fourth-order valence-corrected chi connectivity index (χ4v) is 2.37. The van der Waals surface area contributed by atoms with Crippen molar-refractivity contribution in [1.82, 2.24) is 9.55 Å². The summed E-state index contributed by atoms with van der Waals surface area (Å²) < 4.78 is 17.5. The summed E-state index contributed by atoms with van der Waals surface area (Å²) in [5.74, 6) is 0.0560. The lowest BCUT2D eigenvalue weighted by Crippen LogP contribution is -2.33. The van der Waals surface area contributed by atoms with Gasteiger partial charge in [-0.25, -0.2) is 4.79 Å². The number of ether oxygens (including phenoxy) is 3. The average molecular weight is 384 g/mol. The van der Waals surface area contributed by atoms with Crippen LogP contribution in [0.25, 0.3) is 0 Å². The second kappa shape index (κ2) is 11.7. The predicted octanol–water partition coefficient (Wildman–Crippen LogP) is 1.58. The summed E-state index contributed by atoms with van der Waals surface area (Å²) in [6, 6.07) is 1.31. The minimum atomic E-state index is -0.494. The van der Waals surface area contributed by atoms with Crippen molar-refractivity contribution in [1.29, 1.82) is 0 Å². The van der Waals surface area contributed by atoms with Crippen LogP contribution in [0.15, 0.2) is 21.9 Å². The van der Waals surface area contributed by atoms with Crippen LogP contribution in [-0.2, 0) is 25.5 Å². The van der Waals surface area contributed by atoms with Crippen molar-refractivity contribution in [2.24, 2.45) is 11.3 Å². The molecule has 1 atom stereocenters. The molecule has 0 spiro atoms. The first-order chi connectivity index (χ1) is 12.8. The van der Waals surface area contributed by atoms with Gasteiger partial charge in [0.1, 0.15) is 6.61 Å². The van der Waals surface area contributed by atoms with Crippen LogP contribution in [0.2, 0.25) is 0 Å². The molecule has 1 rings (SSSR count). The Morgan fingerprint density at radius 1 is 1.15 bits per heavy atom. The van der Waals surface area contributed by atoms with E-state index in [1.54, 1.807) is 0 Å². The van der Waals surface area contributed by atoms with E-state index in [-0.39, 0.29) is 18.5 Å². The number of H-pyrrole nitrogens is 1. The number of nitrogens with zero attached hydrogens (tertiary/aromatic N) is 1. The Bertz CT molecular complexity index is 679. The Morgan fingerprint density at radius 2 is 1.78 bits per heavy atom. The molecule has 0 saturated carbocycles. The molecule has 1 aromatic heterocycles. The molecule has 0 aliphatic carbocycles. The number of esters is 1. The lowest BCUT2D eigenvalue weighted by molar-refractivity contribution is -0.158. The number of carbonyl (C=O) groups excluding carboxylic acids is 1. The van der Waals surface area contributed by atoms with E-state index in [9.17, 15) is 14.4 Å². The highest BCUT2D eigenvalue weighted by atomic mass is 16.6. The lowest BCUT2D eigenvalue weighted by atomic mass is 9.78. The first-order valence-corrected chi connectivity index (χ1v) is 9.41. The van der Waals surface area contributed by atoms with Crippen LogP contribution >= 0.6 is 0 Å². The summed E-state index contributed by atoms with van der Waals surface area (Å²) in [5.41, 5.74) is -1.32. The summed E-state index contributed by atoms with van der Waals surface area (Å²) in [6.07, 6.45) is 3.04. The quantitative estimate of drug-likeness (QED) is 0.409. The Labute approximate surface area is 159 Å². The largest absolute Gasteiger partial charge is 0.463 e. The molecule has 1 heterocycles. The van der Waals surface area contributed by atoms with Gasteiger partial charge in [0, 0.05) is 25.4 Å². The summed E-state index contributed by atoms with van der Waals surface area (Å²) >= 11 is 0. The monoisotopic (exact) mass is 384 g/mol. The molecule has 0 aromatic carbocycles. The summed E-state index contributed by atoms with van der Waals surface area (Å²) in [7, 11) is 0. The number of hydrogen-bond acceptors (Lipinski definition) is 6. The molecule has 0 radical (unpaired) electrons. The SMILES string of the molecule is CCC(C)C(C)(C)C(=O)OCCOCCOCCCn1ccc(=O)[nH]c1=O. The summed E-state index contributed by atoms with van der Waals surface area (Å²) in [4.78, 5) is 36.7. The normalized spacial score (nSPS) is 12.7.